The Morgan fingerprint density at radius 3 is 2.32 bits per heavy atom. The van der Waals surface area contributed by atoms with E-state index in [1.807, 2.05) is 29.2 Å². The molecule has 2 fully saturated rings. The van der Waals surface area contributed by atoms with Gasteiger partial charge in [-0.3, -0.25) is 4.79 Å². The quantitative estimate of drug-likeness (QED) is 0.621. The zero-order chi connectivity index (χ0) is 23.7. The van der Waals surface area contributed by atoms with Crippen molar-refractivity contribution in [2.45, 2.75) is 19.0 Å². The largest absolute Gasteiger partial charge is 0.453 e. The highest BCUT2D eigenvalue weighted by Gasteiger charge is 2.38. The fraction of sp³-hybridized carbons (Fsp3) is 0.455. The van der Waals surface area contributed by atoms with Crippen LogP contribution in [0.25, 0.3) is 5.65 Å². The van der Waals surface area contributed by atoms with Crippen LogP contribution in [0.15, 0.2) is 36.4 Å². The smallest absolute Gasteiger partial charge is 0.378 e. The van der Waals surface area contributed by atoms with Gasteiger partial charge in [-0.2, -0.15) is 17.7 Å². The van der Waals surface area contributed by atoms with Gasteiger partial charge < -0.3 is 19.9 Å². The van der Waals surface area contributed by atoms with Crippen LogP contribution in [0.1, 0.15) is 18.7 Å². The topological polar surface area (TPSA) is 87.9 Å². The highest BCUT2D eigenvalue weighted by molar-refractivity contribution is 5.92. The number of nitrogens with zero attached hydrogens (tertiary/aromatic N) is 6. The summed E-state index contributed by atoms with van der Waals surface area (Å²) in [4.78, 5) is 16.9. The molecule has 9 nitrogen and oxygen atoms in total. The summed E-state index contributed by atoms with van der Waals surface area (Å²) in [6, 6.07) is 10.9. The summed E-state index contributed by atoms with van der Waals surface area (Å²) < 4.78 is 45.5. The lowest BCUT2D eigenvalue weighted by molar-refractivity contribution is -0.146. The van der Waals surface area contributed by atoms with E-state index in [4.69, 9.17) is 4.74 Å². The van der Waals surface area contributed by atoms with E-state index in [1.165, 1.54) is 6.07 Å². The number of ether oxygens (including phenoxy) is 1. The van der Waals surface area contributed by atoms with Crippen molar-refractivity contribution in [2.75, 3.05) is 54.5 Å². The average molecular weight is 475 g/mol. The van der Waals surface area contributed by atoms with Crippen LogP contribution in [0.5, 0.6) is 0 Å². The molecule has 0 saturated carbocycles. The van der Waals surface area contributed by atoms with Gasteiger partial charge in [0, 0.05) is 43.5 Å². The van der Waals surface area contributed by atoms with Crippen LogP contribution in [0.2, 0.25) is 0 Å². The molecule has 12 heteroatoms. The summed E-state index contributed by atoms with van der Waals surface area (Å²) in [7, 11) is 0. The van der Waals surface area contributed by atoms with E-state index >= 15 is 0 Å². The van der Waals surface area contributed by atoms with Crippen molar-refractivity contribution in [2.24, 2.45) is 5.92 Å². The molecule has 0 radical (unpaired) electrons. The first kappa shape index (κ1) is 22.4. The number of anilines is 3. The molecule has 0 aliphatic carbocycles. The second-order valence-corrected chi connectivity index (χ2v) is 8.38. The number of aromatic nitrogens is 4. The molecule has 180 valence electrons. The fourth-order valence-corrected chi connectivity index (χ4v) is 4.32. The minimum atomic E-state index is -4.64. The second kappa shape index (κ2) is 9.09. The van der Waals surface area contributed by atoms with Crippen molar-refractivity contribution >= 4 is 28.7 Å². The number of rotatable bonds is 4. The molecule has 2 aromatic heterocycles. The lowest BCUT2D eigenvalue weighted by Crippen LogP contribution is -2.38. The highest BCUT2D eigenvalue weighted by atomic mass is 19.4. The maximum absolute atomic E-state index is 13.1. The molecule has 0 atom stereocenters. The molecule has 0 unspecified atom stereocenters. The van der Waals surface area contributed by atoms with Crippen LogP contribution in [0.3, 0.4) is 0 Å². The molecule has 1 N–H and O–H groups in total. The Morgan fingerprint density at radius 2 is 1.65 bits per heavy atom. The molecule has 3 aromatic rings. The minimum absolute atomic E-state index is 0.0324. The van der Waals surface area contributed by atoms with E-state index in [0.29, 0.717) is 49.5 Å². The first-order valence-electron chi connectivity index (χ1n) is 11.2. The number of nitrogens with one attached hydrogen (secondary N) is 1. The Balaban J connectivity index is 1.18. The highest BCUT2D eigenvalue weighted by Crippen LogP contribution is 2.29. The molecule has 4 heterocycles. The Labute approximate surface area is 193 Å². The minimum Gasteiger partial charge on any atom is -0.378 e. The predicted octanol–water partition coefficient (Wildman–Crippen LogP) is 2.83. The molecule has 1 aromatic carbocycles. The van der Waals surface area contributed by atoms with Gasteiger partial charge in [-0.25, -0.2) is 0 Å². The third-order valence-electron chi connectivity index (χ3n) is 6.20. The Bertz CT molecular complexity index is 1150. The Hall–Kier alpha value is -3.41. The third kappa shape index (κ3) is 4.63. The molecule has 2 saturated heterocycles. The zero-order valence-corrected chi connectivity index (χ0v) is 18.3. The van der Waals surface area contributed by atoms with Gasteiger partial charge in [0.15, 0.2) is 5.65 Å². The van der Waals surface area contributed by atoms with Crippen LogP contribution in [-0.4, -0.2) is 65.1 Å². The number of amides is 1. The van der Waals surface area contributed by atoms with Gasteiger partial charge in [0.05, 0.1) is 13.2 Å². The van der Waals surface area contributed by atoms with Gasteiger partial charge >= 0.3 is 6.18 Å². The van der Waals surface area contributed by atoms with Crippen LogP contribution >= 0.6 is 0 Å². The first-order valence-corrected chi connectivity index (χ1v) is 11.2. The lowest BCUT2D eigenvalue weighted by atomic mass is 9.96. The third-order valence-corrected chi connectivity index (χ3v) is 6.20. The molecule has 2 aliphatic rings. The van der Waals surface area contributed by atoms with E-state index in [1.54, 1.807) is 6.07 Å². The standard InChI is InChI=1S/C22H24F3N7O2/c23-22(24,25)21-28-27-18-5-6-19(29-32(18)21)31-9-7-15(8-10-31)20(33)26-16-1-3-17(4-2-16)30-11-13-34-14-12-30/h1-6,15H,7-14H2,(H,26,33). The molecular formula is C22H24F3N7O2. The van der Waals surface area contributed by atoms with Crippen molar-refractivity contribution in [3.8, 4) is 0 Å². The van der Waals surface area contributed by atoms with Crippen molar-refractivity contribution in [1.82, 2.24) is 19.8 Å². The van der Waals surface area contributed by atoms with Crippen LogP contribution < -0.4 is 15.1 Å². The summed E-state index contributed by atoms with van der Waals surface area (Å²) in [6.45, 7) is 4.14. The van der Waals surface area contributed by atoms with E-state index in [2.05, 4.69) is 25.5 Å². The summed E-state index contributed by atoms with van der Waals surface area (Å²) >= 11 is 0. The zero-order valence-electron chi connectivity index (χ0n) is 18.3. The number of benzene rings is 1. The number of hydrogen-bond donors (Lipinski definition) is 1. The van der Waals surface area contributed by atoms with Gasteiger partial charge in [-0.15, -0.1) is 15.3 Å². The molecule has 0 bridgehead atoms. The van der Waals surface area contributed by atoms with Crippen molar-refractivity contribution in [1.29, 1.82) is 0 Å². The van der Waals surface area contributed by atoms with Crippen molar-refractivity contribution < 1.29 is 22.7 Å². The van der Waals surface area contributed by atoms with Gasteiger partial charge in [0.2, 0.25) is 5.91 Å². The summed E-state index contributed by atoms with van der Waals surface area (Å²) in [5.41, 5.74) is 1.87. The summed E-state index contributed by atoms with van der Waals surface area (Å²) in [5, 5.41) is 13.8. The molecule has 2 aliphatic heterocycles. The number of morpholine rings is 1. The average Bonchev–Trinajstić information content (AvgIpc) is 3.29. The van der Waals surface area contributed by atoms with Gasteiger partial charge in [-0.1, -0.05) is 0 Å². The maximum Gasteiger partial charge on any atom is 0.453 e. The van der Waals surface area contributed by atoms with Gasteiger partial charge in [-0.05, 0) is 49.2 Å². The molecule has 34 heavy (non-hydrogen) atoms. The summed E-state index contributed by atoms with van der Waals surface area (Å²) in [5.74, 6) is -0.992. The van der Waals surface area contributed by atoms with E-state index in [9.17, 15) is 18.0 Å². The number of hydrogen-bond acceptors (Lipinski definition) is 7. The summed E-state index contributed by atoms with van der Waals surface area (Å²) in [6.07, 6.45) is -3.49. The van der Waals surface area contributed by atoms with Gasteiger partial charge in [0.1, 0.15) is 5.82 Å². The molecule has 1 amide bonds. The van der Waals surface area contributed by atoms with Crippen molar-refractivity contribution in [3.63, 3.8) is 0 Å². The van der Waals surface area contributed by atoms with E-state index in [-0.39, 0.29) is 17.5 Å². The monoisotopic (exact) mass is 475 g/mol. The first-order chi connectivity index (χ1) is 16.4. The second-order valence-electron chi connectivity index (χ2n) is 8.38. The molecule has 5 rings (SSSR count). The maximum atomic E-state index is 13.1. The number of piperidine rings is 1. The Morgan fingerprint density at radius 1 is 0.941 bits per heavy atom. The number of alkyl halides is 3. The van der Waals surface area contributed by atoms with Crippen molar-refractivity contribution in [3.05, 3.63) is 42.2 Å². The number of carbonyl (C=O) groups excluding carboxylic acids is 1. The normalized spacial score (nSPS) is 17.9. The van der Waals surface area contributed by atoms with Crippen LogP contribution in [-0.2, 0) is 15.7 Å². The Kier molecular flexibility index (Phi) is 5.98. The number of fused-ring (bicyclic) bond motifs is 1. The van der Waals surface area contributed by atoms with Crippen LogP contribution in [0.4, 0.5) is 30.4 Å². The fourth-order valence-electron chi connectivity index (χ4n) is 4.32. The molecular weight excluding hydrogens is 451 g/mol. The lowest BCUT2D eigenvalue weighted by Gasteiger charge is -2.32. The van der Waals surface area contributed by atoms with E-state index < -0.39 is 12.0 Å². The number of halogens is 3. The van der Waals surface area contributed by atoms with Gasteiger partial charge in [0.25, 0.3) is 5.82 Å². The molecule has 0 spiro atoms. The van der Waals surface area contributed by atoms with E-state index in [0.717, 1.165) is 24.5 Å². The van der Waals surface area contributed by atoms with Crippen LogP contribution in [0, 0.1) is 5.92 Å². The SMILES string of the molecule is O=C(Nc1ccc(N2CCOCC2)cc1)C1CCN(c2ccc3nnc(C(F)(F)F)n3n2)CC1. The number of carbonyl (C=O) groups is 1. The predicted molar refractivity (Wildman–Crippen MR) is 119 cm³/mol.